The molecule has 3 aromatic rings. The van der Waals surface area contributed by atoms with Crippen LogP contribution in [0.3, 0.4) is 0 Å². The van der Waals surface area contributed by atoms with E-state index in [9.17, 15) is 4.79 Å². The van der Waals surface area contributed by atoms with Crippen molar-refractivity contribution < 1.29 is 14.3 Å². The zero-order chi connectivity index (χ0) is 25.0. The number of carbonyl (C=O) groups excluding carboxylic acids is 1. The van der Waals surface area contributed by atoms with Crippen LogP contribution < -0.4 is 15.8 Å². The maximum absolute atomic E-state index is 12.2. The first-order valence-corrected chi connectivity index (χ1v) is 13.9. The monoisotopic (exact) mass is 501 g/mol. The van der Waals surface area contributed by atoms with Crippen molar-refractivity contribution in [2.45, 2.75) is 88.0 Å². The Kier molecular flexibility index (Phi) is 5.61. The number of fused-ring (bicyclic) bond motifs is 3. The maximum Gasteiger partial charge on any atom is 0.223 e. The molecule has 8 heteroatoms. The number of nitrogens with one attached hydrogen (secondary N) is 1. The van der Waals surface area contributed by atoms with Crippen LogP contribution in [0.5, 0.6) is 5.75 Å². The molecule has 4 fully saturated rings. The number of ether oxygens (including phenoxy) is 2. The molecule has 0 spiro atoms. The van der Waals surface area contributed by atoms with Crippen molar-refractivity contribution in [3.63, 3.8) is 0 Å². The molecule has 4 aliphatic rings. The topological polar surface area (TPSA) is 104 Å². The summed E-state index contributed by atoms with van der Waals surface area (Å²) in [6, 6.07) is 8.82. The highest BCUT2D eigenvalue weighted by Gasteiger charge is 2.46. The van der Waals surface area contributed by atoms with Gasteiger partial charge in [-0.3, -0.25) is 4.79 Å². The minimum atomic E-state index is -0.105. The molecule has 2 aliphatic heterocycles. The summed E-state index contributed by atoms with van der Waals surface area (Å²) >= 11 is 0. The Labute approximate surface area is 216 Å². The number of anilines is 1. The van der Waals surface area contributed by atoms with Gasteiger partial charge in [-0.2, -0.15) is 0 Å². The zero-order valence-electron chi connectivity index (χ0n) is 21.2. The SMILES string of the molecule is Nc1ncnc2c1c(-c1cccc(OCC34CCC(CC3)O4)c1)cn2[C@H]1CC[C@H](NC(=O)C2CC2)CC1. The molecule has 0 atom stereocenters. The molecular weight excluding hydrogens is 466 g/mol. The molecule has 2 bridgehead atoms. The minimum absolute atomic E-state index is 0.105. The van der Waals surface area contributed by atoms with Crippen molar-refractivity contribution in [1.82, 2.24) is 19.9 Å². The van der Waals surface area contributed by atoms with E-state index in [1.54, 1.807) is 6.33 Å². The van der Waals surface area contributed by atoms with E-state index in [-0.39, 0.29) is 23.5 Å². The van der Waals surface area contributed by atoms with Gasteiger partial charge in [0.25, 0.3) is 0 Å². The number of hydrogen-bond acceptors (Lipinski definition) is 6. The van der Waals surface area contributed by atoms with E-state index in [1.165, 1.54) is 0 Å². The lowest BCUT2D eigenvalue weighted by Crippen LogP contribution is -2.38. The van der Waals surface area contributed by atoms with E-state index in [0.717, 1.165) is 92.1 Å². The lowest BCUT2D eigenvalue weighted by molar-refractivity contribution is -0.123. The van der Waals surface area contributed by atoms with Crippen LogP contribution in [0.15, 0.2) is 36.8 Å². The van der Waals surface area contributed by atoms with Crippen molar-refractivity contribution in [1.29, 1.82) is 0 Å². The molecular formula is C29H35N5O3. The highest BCUT2D eigenvalue weighted by Crippen LogP contribution is 2.44. The lowest BCUT2D eigenvalue weighted by atomic mass is 9.89. The number of aromatic nitrogens is 3. The largest absolute Gasteiger partial charge is 0.491 e. The van der Waals surface area contributed by atoms with Crippen molar-refractivity contribution in [2.24, 2.45) is 5.92 Å². The average Bonchev–Trinajstić information content (AvgIpc) is 3.42. The second kappa shape index (κ2) is 9.01. The number of amides is 1. The van der Waals surface area contributed by atoms with Crippen molar-refractivity contribution in [2.75, 3.05) is 12.3 Å². The van der Waals surface area contributed by atoms with E-state index in [2.05, 4.69) is 38.2 Å². The number of benzene rings is 1. The molecule has 2 saturated carbocycles. The molecule has 4 heterocycles. The Morgan fingerprint density at radius 2 is 1.92 bits per heavy atom. The van der Waals surface area contributed by atoms with Crippen LogP contribution in [0.2, 0.25) is 0 Å². The third-order valence-corrected chi connectivity index (χ3v) is 8.93. The molecule has 2 saturated heterocycles. The van der Waals surface area contributed by atoms with Crippen LogP contribution in [-0.4, -0.2) is 44.8 Å². The maximum atomic E-state index is 12.2. The van der Waals surface area contributed by atoms with Crippen LogP contribution in [0.25, 0.3) is 22.2 Å². The second-order valence-corrected chi connectivity index (χ2v) is 11.5. The minimum Gasteiger partial charge on any atom is -0.491 e. The average molecular weight is 502 g/mol. The summed E-state index contributed by atoms with van der Waals surface area (Å²) in [5, 5.41) is 4.15. The highest BCUT2D eigenvalue weighted by molar-refractivity contribution is 6.00. The van der Waals surface area contributed by atoms with E-state index >= 15 is 0 Å². The van der Waals surface area contributed by atoms with E-state index in [1.807, 2.05) is 12.1 Å². The molecule has 1 amide bonds. The van der Waals surface area contributed by atoms with Crippen LogP contribution in [0.4, 0.5) is 5.82 Å². The smallest absolute Gasteiger partial charge is 0.223 e. The van der Waals surface area contributed by atoms with Crippen LogP contribution in [0.1, 0.15) is 70.3 Å². The van der Waals surface area contributed by atoms with E-state index < -0.39 is 0 Å². The van der Waals surface area contributed by atoms with Gasteiger partial charge in [-0.25, -0.2) is 9.97 Å². The van der Waals surface area contributed by atoms with Crippen LogP contribution >= 0.6 is 0 Å². The molecule has 8 nitrogen and oxygen atoms in total. The van der Waals surface area contributed by atoms with Crippen molar-refractivity contribution in [3.8, 4) is 16.9 Å². The summed E-state index contributed by atoms with van der Waals surface area (Å²) in [6.45, 7) is 0.598. The normalized spacial score (nSPS) is 29.0. The van der Waals surface area contributed by atoms with Crippen molar-refractivity contribution >= 4 is 22.8 Å². The first kappa shape index (κ1) is 23.0. The quantitative estimate of drug-likeness (QED) is 0.483. The second-order valence-electron chi connectivity index (χ2n) is 11.5. The van der Waals surface area contributed by atoms with Gasteiger partial charge in [-0.15, -0.1) is 0 Å². The van der Waals surface area contributed by atoms with Gasteiger partial charge in [-0.05, 0) is 81.9 Å². The van der Waals surface area contributed by atoms with E-state index in [4.69, 9.17) is 15.2 Å². The Hall–Kier alpha value is -3.13. The number of nitrogens with zero attached hydrogens (tertiary/aromatic N) is 3. The van der Waals surface area contributed by atoms with Gasteiger partial charge in [0, 0.05) is 29.8 Å². The fourth-order valence-corrected chi connectivity index (χ4v) is 6.62. The zero-order valence-corrected chi connectivity index (χ0v) is 21.2. The van der Waals surface area contributed by atoms with Gasteiger partial charge < -0.3 is 25.1 Å². The summed E-state index contributed by atoms with van der Waals surface area (Å²) in [6.07, 6.45) is 14.7. The molecule has 0 unspecified atom stereocenters. The summed E-state index contributed by atoms with van der Waals surface area (Å²) in [7, 11) is 0. The Balaban J connectivity index is 1.12. The fourth-order valence-electron chi connectivity index (χ4n) is 6.62. The molecule has 194 valence electrons. The Morgan fingerprint density at radius 3 is 2.65 bits per heavy atom. The summed E-state index contributed by atoms with van der Waals surface area (Å²) in [4.78, 5) is 21.2. The van der Waals surface area contributed by atoms with Gasteiger partial charge in [0.15, 0.2) is 0 Å². The van der Waals surface area contributed by atoms with E-state index in [0.29, 0.717) is 24.6 Å². The molecule has 2 aliphatic carbocycles. The van der Waals surface area contributed by atoms with Gasteiger partial charge in [-0.1, -0.05) is 12.1 Å². The number of carbonyl (C=O) groups is 1. The van der Waals surface area contributed by atoms with Crippen LogP contribution in [0, 0.1) is 5.92 Å². The van der Waals surface area contributed by atoms with Crippen molar-refractivity contribution in [3.05, 3.63) is 36.8 Å². The predicted octanol–water partition coefficient (Wildman–Crippen LogP) is 4.78. The Morgan fingerprint density at radius 1 is 1.11 bits per heavy atom. The molecule has 2 aromatic heterocycles. The van der Waals surface area contributed by atoms with Gasteiger partial charge >= 0.3 is 0 Å². The Bertz CT molecular complexity index is 1320. The third kappa shape index (κ3) is 4.35. The molecule has 3 N–H and O–H groups in total. The summed E-state index contributed by atoms with van der Waals surface area (Å²) in [5.41, 5.74) is 9.24. The molecule has 0 radical (unpaired) electrons. The number of rotatable bonds is 7. The fraction of sp³-hybridized carbons (Fsp3) is 0.552. The van der Waals surface area contributed by atoms with Gasteiger partial charge in [0.05, 0.1) is 11.5 Å². The standard InChI is InChI=1S/C29H35N5O3/c30-26-25-24(19-2-1-3-23(14-19)36-16-29-12-10-22(37-29)11-13-29)15-34(27(25)32-17-31-26)21-8-6-20(7-9-21)33-28(35)18-4-5-18/h1-3,14-15,17-18,20-22H,4-13,16H2,(H,33,35)(H2,30,31,32)/t20-,21-,22?,29?. The number of nitrogen functional groups attached to an aromatic ring is 1. The first-order valence-electron chi connectivity index (χ1n) is 13.9. The molecule has 1 aromatic carbocycles. The van der Waals surface area contributed by atoms with Gasteiger partial charge in [0.1, 0.15) is 35.7 Å². The lowest BCUT2D eigenvalue weighted by Gasteiger charge is -2.30. The number of nitrogens with two attached hydrogens (primary N) is 1. The summed E-state index contributed by atoms with van der Waals surface area (Å²) < 4.78 is 14.8. The summed E-state index contributed by atoms with van der Waals surface area (Å²) in [5.74, 6) is 1.83. The molecule has 7 rings (SSSR count). The number of hydrogen-bond donors (Lipinski definition) is 2. The van der Waals surface area contributed by atoms with Crippen LogP contribution in [-0.2, 0) is 9.53 Å². The highest BCUT2D eigenvalue weighted by atomic mass is 16.6. The molecule has 37 heavy (non-hydrogen) atoms. The predicted molar refractivity (Wildman–Crippen MR) is 141 cm³/mol. The third-order valence-electron chi connectivity index (χ3n) is 8.93. The first-order chi connectivity index (χ1) is 18.1. The van der Waals surface area contributed by atoms with Gasteiger partial charge in [0.2, 0.25) is 5.91 Å².